The van der Waals surface area contributed by atoms with Crippen molar-refractivity contribution in [2.45, 2.75) is 6.42 Å². The van der Waals surface area contributed by atoms with Crippen LogP contribution in [0.3, 0.4) is 0 Å². The van der Waals surface area contributed by atoms with E-state index in [0.717, 1.165) is 12.1 Å². The number of aromatic carboxylic acids is 1. The molecule has 0 unspecified atom stereocenters. The Balaban J connectivity index is 0.00000364. The third kappa shape index (κ3) is 8.09. The molecule has 0 atom stereocenters. The number of rotatable bonds is 7. The van der Waals surface area contributed by atoms with E-state index in [0.29, 0.717) is 5.69 Å². The van der Waals surface area contributed by atoms with E-state index in [2.05, 4.69) is 15.5 Å². The van der Waals surface area contributed by atoms with Crippen molar-refractivity contribution in [2.75, 3.05) is 6.54 Å². The number of carboxylic acid groups (broad SMARTS) is 2. The first-order valence-corrected chi connectivity index (χ1v) is 7.41. The van der Waals surface area contributed by atoms with Gasteiger partial charge >= 0.3 is 65.1 Å². The molecule has 2 N–H and O–H groups in total. The molecule has 0 aromatic heterocycles. The number of carboxylic acids is 2. The van der Waals surface area contributed by atoms with Crippen LogP contribution in [0.15, 0.2) is 52.7 Å². The molecule has 0 spiro atoms. The average molecular weight is 401 g/mol. The molecule has 134 valence electrons. The third-order valence-corrected chi connectivity index (χ3v) is 3.20. The van der Waals surface area contributed by atoms with Crippen molar-refractivity contribution >= 4 is 29.2 Å². The van der Waals surface area contributed by atoms with E-state index in [1.54, 1.807) is 12.1 Å². The standard InChI is InChI=1S/C17H15N3O6.2Na/c21-14-5-4-12(9-13(14)17(25)26)20-19-11-3-1-2-10(8-11)16(24)18-7-6-15(22)23;;/h1-5,8-9,21H,6-7H2,(H,18,24)(H,22,23)(H,25,26);;/q;2*+1/p-2. The molecule has 11 heteroatoms. The molecule has 2 aromatic carbocycles. The van der Waals surface area contributed by atoms with Crippen LogP contribution in [0, 0.1) is 0 Å². The Kier molecular flexibility index (Phi) is 11.9. The second-order valence-corrected chi connectivity index (χ2v) is 5.11. The maximum Gasteiger partial charge on any atom is 1.00 e. The summed E-state index contributed by atoms with van der Waals surface area (Å²) in [6.45, 7) is -0.0631. The van der Waals surface area contributed by atoms with Crippen molar-refractivity contribution in [3.05, 3.63) is 53.6 Å². The van der Waals surface area contributed by atoms with Crippen molar-refractivity contribution in [1.29, 1.82) is 0 Å². The van der Waals surface area contributed by atoms with Crippen molar-refractivity contribution < 1.29 is 88.8 Å². The normalized spacial score (nSPS) is 9.86. The van der Waals surface area contributed by atoms with Gasteiger partial charge in [0, 0.05) is 24.5 Å². The van der Waals surface area contributed by atoms with Gasteiger partial charge < -0.3 is 25.4 Å². The SMILES string of the molecule is O=C([O-])CCNC(=O)c1cccc(N=Nc2ccc([O-])c(C(=O)O)c2)c1.[Na+].[Na+]. The molecule has 0 saturated heterocycles. The molecule has 0 fully saturated rings. The van der Waals surface area contributed by atoms with E-state index in [4.69, 9.17) is 5.11 Å². The molecular weight excluding hydrogens is 388 g/mol. The van der Waals surface area contributed by atoms with Gasteiger partial charge in [0.05, 0.1) is 16.9 Å². The van der Waals surface area contributed by atoms with Crippen molar-refractivity contribution in [3.63, 3.8) is 0 Å². The zero-order valence-corrected chi connectivity index (χ0v) is 19.3. The van der Waals surface area contributed by atoms with Gasteiger partial charge in [0.1, 0.15) is 0 Å². The molecule has 28 heavy (non-hydrogen) atoms. The molecule has 0 bridgehead atoms. The fourth-order valence-electron chi connectivity index (χ4n) is 1.95. The molecule has 0 aliphatic rings. The quantitative estimate of drug-likeness (QED) is 0.349. The maximum atomic E-state index is 11.9. The number of hydrogen-bond acceptors (Lipinski definition) is 7. The molecule has 0 saturated carbocycles. The van der Waals surface area contributed by atoms with Gasteiger partial charge in [-0.15, -0.1) is 0 Å². The Morgan fingerprint density at radius 2 is 1.64 bits per heavy atom. The van der Waals surface area contributed by atoms with Crippen LogP contribution in [0.5, 0.6) is 5.75 Å². The van der Waals surface area contributed by atoms with E-state index in [1.807, 2.05) is 0 Å². The number of hydrogen-bond donors (Lipinski definition) is 2. The van der Waals surface area contributed by atoms with Crippen LogP contribution in [-0.4, -0.2) is 29.5 Å². The van der Waals surface area contributed by atoms with Gasteiger partial charge in [-0.25, -0.2) is 4.79 Å². The summed E-state index contributed by atoms with van der Waals surface area (Å²) in [6.07, 6.45) is -0.299. The van der Waals surface area contributed by atoms with Gasteiger partial charge in [-0.05, 0) is 30.3 Å². The van der Waals surface area contributed by atoms with Gasteiger partial charge in [-0.2, -0.15) is 10.2 Å². The van der Waals surface area contributed by atoms with Crippen molar-refractivity contribution in [3.8, 4) is 5.75 Å². The molecule has 2 aromatic rings. The van der Waals surface area contributed by atoms with Crippen LogP contribution in [0.4, 0.5) is 11.4 Å². The molecular formula is C17H13N3Na2O6. The Bertz CT molecular complexity index is 889. The second-order valence-electron chi connectivity index (χ2n) is 5.11. The van der Waals surface area contributed by atoms with Crippen molar-refractivity contribution in [1.82, 2.24) is 5.32 Å². The Morgan fingerprint density at radius 3 is 2.25 bits per heavy atom. The number of nitrogens with one attached hydrogen (secondary N) is 1. The number of azo groups is 1. The number of aliphatic carboxylic acids is 1. The summed E-state index contributed by atoms with van der Waals surface area (Å²) in [5, 5.41) is 40.8. The zero-order chi connectivity index (χ0) is 19.1. The molecule has 2 rings (SSSR count). The van der Waals surface area contributed by atoms with E-state index in [9.17, 15) is 24.6 Å². The summed E-state index contributed by atoms with van der Waals surface area (Å²) in [5.41, 5.74) is 0.329. The Morgan fingerprint density at radius 1 is 1.00 bits per heavy atom. The van der Waals surface area contributed by atoms with E-state index in [-0.39, 0.29) is 83.3 Å². The molecule has 0 heterocycles. The molecule has 1 amide bonds. The summed E-state index contributed by atoms with van der Waals surface area (Å²) >= 11 is 0. The summed E-state index contributed by atoms with van der Waals surface area (Å²) < 4.78 is 0. The molecule has 9 nitrogen and oxygen atoms in total. The van der Waals surface area contributed by atoms with Gasteiger partial charge in [0.25, 0.3) is 5.91 Å². The summed E-state index contributed by atoms with van der Waals surface area (Å²) in [6, 6.07) is 9.59. The predicted molar refractivity (Wildman–Crippen MR) is 85.4 cm³/mol. The molecule has 0 aliphatic heterocycles. The molecule has 0 aliphatic carbocycles. The minimum Gasteiger partial charge on any atom is -0.872 e. The van der Waals surface area contributed by atoms with Gasteiger partial charge in [0.2, 0.25) is 0 Å². The number of amides is 1. The van der Waals surface area contributed by atoms with Crippen LogP contribution in [-0.2, 0) is 4.79 Å². The number of carbonyl (C=O) groups is 3. The van der Waals surface area contributed by atoms with E-state index in [1.165, 1.54) is 18.2 Å². The van der Waals surface area contributed by atoms with Gasteiger partial charge in [-0.3, -0.25) is 4.79 Å². The first-order valence-electron chi connectivity index (χ1n) is 7.41. The average Bonchev–Trinajstić information content (AvgIpc) is 2.60. The first-order chi connectivity index (χ1) is 12.4. The number of nitrogens with zero attached hydrogens (tertiary/aromatic N) is 2. The van der Waals surface area contributed by atoms with Crippen LogP contribution in [0.25, 0.3) is 0 Å². The minimum atomic E-state index is -1.36. The second kappa shape index (κ2) is 12.7. The fourth-order valence-corrected chi connectivity index (χ4v) is 1.95. The number of carbonyl (C=O) groups excluding carboxylic acids is 2. The van der Waals surface area contributed by atoms with Crippen molar-refractivity contribution in [2.24, 2.45) is 10.2 Å². The predicted octanol–water partition coefficient (Wildman–Crippen LogP) is -5.25. The zero-order valence-electron chi connectivity index (χ0n) is 15.3. The largest absolute Gasteiger partial charge is 1.00 e. The van der Waals surface area contributed by atoms with Crippen LogP contribution in [0.2, 0.25) is 0 Å². The Hall–Kier alpha value is -1.75. The topological polar surface area (TPSA) is 154 Å². The van der Waals surface area contributed by atoms with Gasteiger partial charge in [0.15, 0.2) is 0 Å². The number of benzene rings is 2. The smallest absolute Gasteiger partial charge is 0.872 e. The molecule has 0 radical (unpaired) electrons. The minimum absolute atomic E-state index is 0. The van der Waals surface area contributed by atoms with Gasteiger partial charge in [-0.1, -0.05) is 17.9 Å². The summed E-state index contributed by atoms with van der Waals surface area (Å²) in [7, 11) is 0. The van der Waals surface area contributed by atoms with E-state index >= 15 is 0 Å². The fraction of sp³-hybridized carbons (Fsp3) is 0.118. The first kappa shape index (κ1) is 26.2. The summed E-state index contributed by atoms with van der Waals surface area (Å²) in [4.78, 5) is 33.2. The van der Waals surface area contributed by atoms with Crippen LogP contribution < -0.4 is 74.6 Å². The summed E-state index contributed by atoms with van der Waals surface area (Å²) in [5.74, 6) is -3.74. The monoisotopic (exact) mass is 401 g/mol. The Labute approximate surface area is 204 Å². The van der Waals surface area contributed by atoms with Crippen LogP contribution in [0.1, 0.15) is 27.1 Å². The van der Waals surface area contributed by atoms with E-state index < -0.39 is 29.2 Å². The third-order valence-electron chi connectivity index (χ3n) is 3.20. The maximum absolute atomic E-state index is 11.9. The van der Waals surface area contributed by atoms with Crippen LogP contribution >= 0.6 is 0 Å².